The average molecular weight is 362 g/mol. The van der Waals surface area contributed by atoms with Crippen LogP contribution in [0.25, 0.3) is 11.3 Å². The minimum Gasteiger partial charge on any atom is -0.347 e. The first-order chi connectivity index (χ1) is 10.7. The van der Waals surface area contributed by atoms with Crippen LogP contribution in [0.4, 0.5) is 0 Å². The van der Waals surface area contributed by atoms with E-state index in [-0.39, 0.29) is 11.9 Å². The van der Waals surface area contributed by atoms with Crippen LogP contribution in [-0.2, 0) is 7.05 Å². The van der Waals surface area contributed by atoms with Gasteiger partial charge in [0.15, 0.2) is 0 Å². The summed E-state index contributed by atoms with van der Waals surface area (Å²) in [4.78, 5) is 12.5. The number of carbonyl (C=O) groups excluding carboxylic acids is 1. The van der Waals surface area contributed by atoms with E-state index in [0.717, 1.165) is 41.7 Å². The summed E-state index contributed by atoms with van der Waals surface area (Å²) in [6.07, 6.45) is 2.15. The van der Waals surface area contributed by atoms with Crippen LogP contribution in [0.1, 0.15) is 23.3 Å². The standard InChI is InChI=1S/C17H20BrN3O/c1-21-15(13-6-2-3-7-14(13)18)8-9-16(21)17(22)20-12-5-4-10-19-11-12/h2-3,6-9,12,19H,4-5,10-11H2,1H3,(H,20,22)/t12-/m0/s1. The summed E-state index contributed by atoms with van der Waals surface area (Å²) in [6.45, 7) is 1.90. The molecule has 3 rings (SSSR count). The van der Waals surface area contributed by atoms with Crippen LogP contribution in [0, 0.1) is 0 Å². The highest BCUT2D eigenvalue weighted by atomic mass is 79.9. The summed E-state index contributed by atoms with van der Waals surface area (Å²) in [5, 5.41) is 6.44. The van der Waals surface area contributed by atoms with Gasteiger partial charge < -0.3 is 15.2 Å². The monoisotopic (exact) mass is 361 g/mol. The summed E-state index contributed by atoms with van der Waals surface area (Å²) in [5.74, 6) is -0.00509. The molecule has 1 aromatic carbocycles. The van der Waals surface area contributed by atoms with E-state index in [2.05, 4.69) is 26.6 Å². The number of piperidine rings is 1. The second-order valence-corrected chi connectivity index (χ2v) is 6.51. The van der Waals surface area contributed by atoms with Crippen molar-refractivity contribution in [1.82, 2.24) is 15.2 Å². The van der Waals surface area contributed by atoms with Crippen molar-refractivity contribution in [2.75, 3.05) is 13.1 Å². The Morgan fingerprint density at radius 1 is 1.32 bits per heavy atom. The minimum atomic E-state index is -0.00509. The molecule has 22 heavy (non-hydrogen) atoms. The third-order valence-corrected chi connectivity index (χ3v) is 4.83. The van der Waals surface area contributed by atoms with Crippen LogP contribution in [0.2, 0.25) is 0 Å². The van der Waals surface area contributed by atoms with Crippen molar-refractivity contribution in [3.8, 4) is 11.3 Å². The maximum Gasteiger partial charge on any atom is 0.268 e. The molecule has 1 fully saturated rings. The topological polar surface area (TPSA) is 46.1 Å². The van der Waals surface area contributed by atoms with Gasteiger partial charge >= 0.3 is 0 Å². The lowest BCUT2D eigenvalue weighted by Gasteiger charge is -2.23. The molecule has 1 aromatic heterocycles. The predicted molar refractivity (Wildman–Crippen MR) is 91.9 cm³/mol. The molecule has 0 aliphatic carbocycles. The van der Waals surface area contributed by atoms with Gasteiger partial charge in [-0.25, -0.2) is 0 Å². The maximum atomic E-state index is 12.5. The zero-order valence-corrected chi connectivity index (χ0v) is 14.2. The van der Waals surface area contributed by atoms with Crippen molar-refractivity contribution in [2.24, 2.45) is 7.05 Å². The molecule has 1 aliphatic heterocycles. The number of nitrogens with one attached hydrogen (secondary N) is 2. The maximum absolute atomic E-state index is 12.5. The summed E-state index contributed by atoms with van der Waals surface area (Å²) < 4.78 is 2.98. The van der Waals surface area contributed by atoms with Crippen LogP contribution >= 0.6 is 15.9 Å². The zero-order chi connectivity index (χ0) is 15.5. The number of hydrogen-bond donors (Lipinski definition) is 2. The number of hydrogen-bond acceptors (Lipinski definition) is 2. The first-order valence-electron chi connectivity index (χ1n) is 7.59. The average Bonchev–Trinajstić information content (AvgIpc) is 2.90. The molecule has 1 saturated heterocycles. The molecule has 1 atom stereocenters. The lowest BCUT2D eigenvalue weighted by molar-refractivity contribution is 0.0922. The quantitative estimate of drug-likeness (QED) is 0.882. The van der Waals surface area contributed by atoms with Crippen molar-refractivity contribution in [1.29, 1.82) is 0 Å². The summed E-state index contributed by atoms with van der Waals surface area (Å²) in [6, 6.07) is 12.2. The fourth-order valence-corrected chi connectivity index (χ4v) is 3.40. The van der Waals surface area contributed by atoms with E-state index in [1.165, 1.54) is 0 Å². The van der Waals surface area contributed by atoms with E-state index in [4.69, 9.17) is 0 Å². The molecule has 2 heterocycles. The number of aromatic nitrogens is 1. The van der Waals surface area contributed by atoms with Gasteiger partial charge in [0.05, 0.1) is 0 Å². The second kappa shape index (κ2) is 6.67. The van der Waals surface area contributed by atoms with Gasteiger partial charge in [0.25, 0.3) is 5.91 Å². The summed E-state index contributed by atoms with van der Waals surface area (Å²) in [7, 11) is 1.93. The lowest BCUT2D eigenvalue weighted by Crippen LogP contribution is -2.45. The Balaban J connectivity index is 1.81. The molecule has 0 unspecified atom stereocenters. The van der Waals surface area contributed by atoms with E-state index in [1.807, 2.05) is 48.0 Å². The van der Waals surface area contributed by atoms with Gasteiger partial charge in [-0.3, -0.25) is 4.79 Å². The third-order valence-electron chi connectivity index (χ3n) is 4.14. The summed E-state index contributed by atoms with van der Waals surface area (Å²) >= 11 is 3.57. The SMILES string of the molecule is Cn1c(C(=O)N[C@H]2CCCNC2)ccc1-c1ccccc1Br. The molecule has 2 N–H and O–H groups in total. The van der Waals surface area contributed by atoms with Gasteiger partial charge in [-0.05, 0) is 37.6 Å². The number of nitrogens with zero attached hydrogens (tertiary/aromatic N) is 1. The van der Waals surface area contributed by atoms with Crippen LogP contribution in [0.15, 0.2) is 40.9 Å². The minimum absolute atomic E-state index is 0.00509. The van der Waals surface area contributed by atoms with Gasteiger partial charge in [-0.15, -0.1) is 0 Å². The Hall–Kier alpha value is -1.59. The Labute approximate surface area is 139 Å². The molecule has 4 nitrogen and oxygen atoms in total. The van der Waals surface area contributed by atoms with E-state index in [1.54, 1.807) is 0 Å². The number of benzene rings is 1. The molecule has 0 bridgehead atoms. The summed E-state index contributed by atoms with van der Waals surface area (Å²) in [5.41, 5.74) is 2.80. The molecule has 1 amide bonds. The number of amides is 1. The van der Waals surface area contributed by atoms with Crippen molar-refractivity contribution in [3.63, 3.8) is 0 Å². The molecular weight excluding hydrogens is 342 g/mol. The fourth-order valence-electron chi connectivity index (χ4n) is 2.91. The molecule has 2 aromatic rings. The third kappa shape index (κ3) is 3.10. The van der Waals surface area contributed by atoms with Gasteiger partial charge in [0.2, 0.25) is 0 Å². The first kappa shape index (κ1) is 15.3. The van der Waals surface area contributed by atoms with Crippen LogP contribution < -0.4 is 10.6 Å². The molecule has 116 valence electrons. The predicted octanol–water partition coefficient (Wildman–Crippen LogP) is 2.94. The number of carbonyl (C=O) groups is 1. The highest BCUT2D eigenvalue weighted by Crippen LogP contribution is 2.29. The van der Waals surface area contributed by atoms with E-state index >= 15 is 0 Å². The normalized spacial score (nSPS) is 18.2. The second-order valence-electron chi connectivity index (χ2n) is 5.66. The zero-order valence-electron chi connectivity index (χ0n) is 12.6. The Kier molecular flexibility index (Phi) is 4.64. The van der Waals surface area contributed by atoms with Crippen molar-refractivity contribution in [2.45, 2.75) is 18.9 Å². The molecule has 0 spiro atoms. The van der Waals surface area contributed by atoms with Gasteiger partial charge in [0.1, 0.15) is 5.69 Å². The van der Waals surface area contributed by atoms with E-state index in [0.29, 0.717) is 5.69 Å². The van der Waals surface area contributed by atoms with E-state index < -0.39 is 0 Å². The van der Waals surface area contributed by atoms with Crippen molar-refractivity contribution < 1.29 is 4.79 Å². The number of rotatable bonds is 3. The first-order valence-corrected chi connectivity index (χ1v) is 8.38. The van der Waals surface area contributed by atoms with Crippen LogP contribution in [-0.4, -0.2) is 29.6 Å². The molecule has 0 saturated carbocycles. The van der Waals surface area contributed by atoms with Crippen LogP contribution in [0.5, 0.6) is 0 Å². The molecule has 5 heteroatoms. The number of halogens is 1. The Morgan fingerprint density at radius 2 is 2.14 bits per heavy atom. The van der Waals surface area contributed by atoms with Crippen molar-refractivity contribution in [3.05, 3.63) is 46.6 Å². The van der Waals surface area contributed by atoms with Gasteiger partial charge in [0, 0.05) is 35.4 Å². The highest BCUT2D eigenvalue weighted by Gasteiger charge is 2.19. The lowest BCUT2D eigenvalue weighted by atomic mass is 10.1. The van der Waals surface area contributed by atoms with Gasteiger partial charge in [-0.1, -0.05) is 34.1 Å². The fraction of sp³-hybridized carbons (Fsp3) is 0.353. The molecule has 1 aliphatic rings. The smallest absolute Gasteiger partial charge is 0.268 e. The van der Waals surface area contributed by atoms with Crippen LogP contribution in [0.3, 0.4) is 0 Å². The largest absolute Gasteiger partial charge is 0.347 e. The Morgan fingerprint density at radius 3 is 2.86 bits per heavy atom. The molecular formula is C17H20BrN3O. The Bertz CT molecular complexity index is 674. The van der Waals surface area contributed by atoms with Crippen molar-refractivity contribution >= 4 is 21.8 Å². The van der Waals surface area contributed by atoms with E-state index in [9.17, 15) is 4.79 Å². The molecule has 0 radical (unpaired) electrons. The van der Waals surface area contributed by atoms with Gasteiger partial charge in [-0.2, -0.15) is 0 Å². The highest BCUT2D eigenvalue weighted by molar-refractivity contribution is 9.10.